The predicted octanol–water partition coefficient (Wildman–Crippen LogP) is 7.27. The Morgan fingerprint density at radius 2 is 1.61 bits per heavy atom. The van der Waals surface area contributed by atoms with E-state index in [4.69, 9.17) is 4.74 Å². The van der Waals surface area contributed by atoms with Crippen molar-refractivity contribution < 1.29 is 29.0 Å². The quantitative estimate of drug-likeness (QED) is 0.119. The number of aromatic hydroxyl groups is 1. The van der Waals surface area contributed by atoms with Crippen LogP contribution in [0.25, 0.3) is 0 Å². The van der Waals surface area contributed by atoms with E-state index in [1.165, 1.54) is 12.0 Å². The van der Waals surface area contributed by atoms with Crippen molar-refractivity contribution in [1.82, 2.24) is 5.01 Å². The summed E-state index contributed by atoms with van der Waals surface area (Å²) in [6.45, 7) is 1.96. The summed E-state index contributed by atoms with van der Waals surface area (Å²) >= 11 is 5.48. The van der Waals surface area contributed by atoms with Gasteiger partial charge in [0.15, 0.2) is 11.5 Å². The number of halogens is 2. The minimum absolute atomic E-state index is 0.0320. The van der Waals surface area contributed by atoms with Crippen molar-refractivity contribution >= 4 is 73.5 Å². The maximum absolute atomic E-state index is 15.3. The number of imide groups is 2. The summed E-state index contributed by atoms with van der Waals surface area (Å²) in [5.41, 5.74) is 5.97. The fourth-order valence-corrected chi connectivity index (χ4v) is 9.77. The van der Waals surface area contributed by atoms with Gasteiger partial charge < -0.3 is 9.84 Å². The Hall–Kier alpha value is -4.49. The molecule has 2 N–H and O–H groups in total. The monoisotopic (exact) mass is 857 g/mol. The van der Waals surface area contributed by atoms with Gasteiger partial charge in [-0.25, -0.2) is 0 Å². The summed E-state index contributed by atoms with van der Waals surface area (Å²) in [4.78, 5) is 59.9. The number of hydrogen-bond donors (Lipinski definition) is 2. The standard InChI is InChI=1S/C40H33BrIN3O6/c1-21-8-12-25(13-9-21)43-45-37(48)30-20-29-27(16-17-28-33(29)38(49)44(36(28)47)26-14-10-24(41)11-15-26)34(22-18-31(42)35(46)32(19-22)51-2)40(30,39(45)50)23-6-4-3-5-7-23/h3-16,18-19,28-30,33-34,43,46H,17,20H2,1-2H3. The number of anilines is 2. The first-order valence-corrected chi connectivity index (χ1v) is 18.6. The molecule has 9 nitrogen and oxygen atoms in total. The Kier molecular flexibility index (Phi) is 8.33. The van der Waals surface area contributed by atoms with E-state index in [1.807, 2.05) is 96.3 Å². The van der Waals surface area contributed by atoms with Gasteiger partial charge in [0.25, 0.3) is 11.8 Å². The SMILES string of the molecule is COc1cc(C2C3=CCC4C(=O)N(c5ccc(Br)cc5)C(=O)C4C3CC3C(=O)N(Nc4ccc(C)cc4)C(=O)C32c2ccccc2)cc(I)c1O. The number of rotatable bonds is 6. The van der Waals surface area contributed by atoms with E-state index in [-0.39, 0.29) is 29.7 Å². The number of amides is 4. The zero-order valence-electron chi connectivity index (χ0n) is 27.7. The molecule has 4 amide bonds. The first kappa shape index (κ1) is 33.6. The molecular formula is C40H33BrIN3O6. The van der Waals surface area contributed by atoms with Gasteiger partial charge in [-0.2, -0.15) is 5.01 Å². The minimum atomic E-state index is -1.42. The molecule has 6 atom stereocenters. The van der Waals surface area contributed by atoms with Gasteiger partial charge in [0, 0.05) is 10.4 Å². The molecule has 0 radical (unpaired) electrons. The third-order valence-electron chi connectivity index (χ3n) is 11.1. The number of ether oxygens (including phenoxy) is 1. The molecule has 4 aliphatic rings. The fraction of sp³-hybridized carbons (Fsp3) is 0.250. The van der Waals surface area contributed by atoms with Gasteiger partial charge in [-0.3, -0.25) is 29.5 Å². The molecule has 8 rings (SSSR count). The molecule has 6 unspecified atom stereocenters. The third kappa shape index (κ3) is 5.06. The minimum Gasteiger partial charge on any atom is -0.504 e. The molecule has 4 aromatic rings. The molecular weight excluding hydrogens is 825 g/mol. The molecule has 4 aromatic carbocycles. The molecule has 2 saturated heterocycles. The summed E-state index contributed by atoms with van der Waals surface area (Å²) < 4.78 is 6.95. The Labute approximate surface area is 316 Å². The smallest absolute Gasteiger partial charge is 0.260 e. The van der Waals surface area contributed by atoms with Crippen LogP contribution >= 0.6 is 38.5 Å². The second-order valence-corrected chi connectivity index (χ2v) is 15.7. The second-order valence-electron chi connectivity index (χ2n) is 13.6. The Balaban J connectivity index is 1.34. The van der Waals surface area contributed by atoms with E-state index in [0.29, 0.717) is 32.5 Å². The molecule has 0 aromatic heterocycles. The van der Waals surface area contributed by atoms with Crippen LogP contribution in [0.2, 0.25) is 0 Å². The first-order valence-electron chi connectivity index (χ1n) is 16.7. The lowest BCUT2D eigenvalue weighted by molar-refractivity contribution is -0.138. The molecule has 1 saturated carbocycles. The third-order valence-corrected chi connectivity index (χ3v) is 12.4. The normalized spacial score (nSPS) is 26.8. The van der Waals surface area contributed by atoms with Crippen LogP contribution in [0.5, 0.6) is 11.5 Å². The van der Waals surface area contributed by atoms with Gasteiger partial charge in [0.1, 0.15) is 0 Å². The molecule has 2 aliphatic carbocycles. The Bertz CT molecular complexity index is 2140. The van der Waals surface area contributed by atoms with Crippen LogP contribution in [0.3, 0.4) is 0 Å². The lowest BCUT2D eigenvalue weighted by Gasteiger charge is -2.50. The topological polar surface area (TPSA) is 116 Å². The highest BCUT2D eigenvalue weighted by Crippen LogP contribution is 2.64. The Morgan fingerprint density at radius 3 is 2.29 bits per heavy atom. The van der Waals surface area contributed by atoms with Crippen molar-refractivity contribution in [2.45, 2.75) is 31.1 Å². The van der Waals surface area contributed by atoms with Gasteiger partial charge in [0.2, 0.25) is 11.8 Å². The highest BCUT2D eigenvalue weighted by Gasteiger charge is 2.70. The molecule has 0 bridgehead atoms. The van der Waals surface area contributed by atoms with Crippen molar-refractivity contribution in [2.75, 3.05) is 17.4 Å². The van der Waals surface area contributed by atoms with E-state index in [2.05, 4.69) is 21.4 Å². The number of nitrogens with zero attached hydrogens (tertiary/aromatic N) is 2. The number of fused-ring (bicyclic) bond motifs is 4. The van der Waals surface area contributed by atoms with Gasteiger partial charge >= 0.3 is 0 Å². The molecule has 0 spiro atoms. The molecule has 3 fully saturated rings. The van der Waals surface area contributed by atoms with Crippen molar-refractivity contribution in [3.63, 3.8) is 0 Å². The van der Waals surface area contributed by atoms with Crippen molar-refractivity contribution in [1.29, 1.82) is 0 Å². The van der Waals surface area contributed by atoms with Crippen LogP contribution < -0.4 is 15.1 Å². The number of benzene rings is 4. The molecule has 258 valence electrons. The largest absolute Gasteiger partial charge is 0.504 e. The number of allylic oxidation sites excluding steroid dienone is 2. The van der Waals surface area contributed by atoms with Crippen LogP contribution in [-0.4, -0.2) is 40.9 Å². The summed E-state index contributed by atoms with van der Waals surface area (Å²) in [6, 6.07) is 27.4. The summed E-state index contributed by atoms with van der Waals surface area (Å²) in [7, 11) is 1.47. The number of phenolic OH excluding ortho intramolecular Hbond substituents is 1. The van der Waals surface area contributed by atoms with Crippen molar-refractivity contribution in [3.05, 3.63) is 127 Å². The average Bonchev–Trinajstić information content (AvgIpc) is 3.51. The summed E-state index contributed by atoms with van der Waals surface area (Å²) in [5, 5.41) is 12.0. The van der Waals surface area contributed by atoms with E-state index < -0.39 is 46.8 Å². The predicted molar refractivity (Wildman–Crippen MR) is 203 cm³/mol. The van der Waals surface area contributed by atoms with E-state index in [9.17, 15) is 19.5 Å². The van der Waals surface area contributed by atoms with Gasteiger partial charge in [-0.1, -0.05) is 75.6 Å². The number of phenols is 1. The Morgan fingerprint density at radius 1 is 0.902 bits per heavy atom. The molecule has 51 heavy (non-hydrogen) atoms. The van der Waals surface area contributed by atoms with Gasteiger partial charge in [0.05, 0.1) is 45.2 Å². The maximum atomic E-state index is 15.3. The van der Waals surface area contributed by atoms with Gasteiger partial charge in [-0.15, -0.1) is 0 Å². The molecule has 2 aliphatic heterocycles. The number of carbonyl (C=O) groups excluding carboxylic acids is 4. The van der Waals surface area contributed by atoms with E-state index in [0.717, 1.165) is 20.6 Å². The lowest BCUT2D eigenvalue weighted by atomic mass is 9.49. The highest BCUT2D eigenvalue weighted by molar-refractivity contribution is 14.1. The average molecular weight is 859 g/mol. The number of hydrazine groups is 1. The van der Waals surface area contributed by atoms with E-state index >= 15 is 4.79 Å². The number of methoxy groups -OCH3 is 1. The van der Waals surface area contributed by atoms with Crippen molar-refractivity contribution in [2.24, 2.45) is 23.7 Å². The first-order chi connectivity index (χ1) is 24.6. The number of hydrogen-bond acceptors (Lipinski definition) is 7. The van der Waals surface area contributed by atoms with E-state index in [1.54, 1.807) is 30.3 Å². The lowest BCUT2D eigenvalue weighted by Crippen LogP contribution is -2.53. The molecule has 11 heteroatoms. The van der Waals surface area contributed by atoms with Crippen LogP contribution in [-0.2, 0) is 24.6 Å². The fourth-order valence-electron chi connectivity index (χ4n) is 8.88. The summed E-state index contributed by atoms with van der Waals surface area (Å²) in [5.74, 6) is -4.67. The zero-order chi connectivity index (χ0) is 35.8. The second kappa shape index (κ2) is 12.6. The van der Waals surface area contributed by atoms with Crippen LogP contribution in [0.4, 0.5) is 11.4 Å². The number of carbonyl (C=O) groups is 4. The van der Waals surface area contributed by atoms with Crippen LogP contribution in [0, 0.1) is 34.2 Å². The zero-order valence-corrected chi connectivity index (χ0v) is 31.4. The maximum Gasteiger partial charge on any atom is 0.260 e. The highest BCUT2D eigenvalue weighted by atomic mass is 127. The van der Waals surface area contributed by atoms with Gasteiger partial charge in [-0.05, 0) is 108 Å². The van der Waals surface area contributed by atoms with Crippen LogP contribution in [0.15, 0.2) is 107 Å². The van der Waals surface area contributed by atoms with Crippen molar-refractivity contribution in [3.8, 4) is 11.5 Å². The van der Waals surface area contributed by atoms with Crippen LogP contribution in [0.1, 0.15) is 35.4 Å². The summed E-state index contributed by atoms with van der Waals surface area (Å²) in [6.07, 6.45) is 2.52. The number of aryl methyl sites for hydroxylation is 1. The number of nitrogens with one attached hydrogen (secondary N) is 1. The molecule has 2 heterocycles.